The molecular formula is C12H24N2O2. The van der Waals surface area contributed by atoms with Crippen LogP contribution in [0.3, 0.4) is 0 Å². The molecule has 0 amide bonds. The molecule has 0 radical (unpaired) electrons. The summed E-state index contributed by atoms with van der Waals surface area (Å²) in [6.07, 6.45) is 3.39. The van der Waals surface area contributed by atoms with Crippen molar-refractivity contribution in [3.63, 3.8) is 0 Å². The maximum Gasteiger partial charge on any atom is 0.322 e. The van der Waals surface area contributed by atoms with Gasteiger partial charge in [-0.25, -0.2) is 0 Å². The van der Waals surface area contributed by atoms with E-state index in [4.69, 9.17) is 4.74 Å². The van der Waals surface area contributed by atoms with Crippen LogP contribution in [0.4, 0.5) is 0 Å². The third-order valence-corrected chi connectivity index (χ3v) is 3.11. The molecule has 1 rings (SSSR count). The molecule has 1 aliphatic rings. The number of carbonyl (C=O) groups excluding carboxylic acids is 1. The number of carbonyl (C=O) groups is 1. The number of nitrogens with zero attached hydrogens (tertiary/aromatic N) is 1. The molecular weight excluding hydrogens is 204 g/mol. The van der Waals surface area contributed by atoms with E-state index in [0.29, 0.717) is 6.04 Å². The molecule has 0 aromatic heterocycles. The molecule has 16 heavy (non-hydrogen) atoms. The lowest BCUT2D eigenvalue weighted by molar-refractivity contribution is -0.143. The molecule has 0 saturated carbocycles. The molecule has 0 aromatic carbocycles. The average molecular weight is 228 g/mol. The van der Waals surface area contributed by atoms with Crippen molar-refractivity contribution in [1.82, 2.24) is 10.2 Å². The summed E-state index contributed by atoms with van der Waals surface area (Å²) in [5, 5.41) is 3.33. The molecule has 2 unspecified atom stereocenters. The second-order valence-electron chi connectivity index (χ2n) is 4.56. The van der Waals surface area contributed by atoms with Gasteiger partial charge in [-0.05, 0) is 39.3 Å². The van der Waals surface area contributed by atoms with E-state index in [1.54, 1.807) is 0 Å². The van der Waals surface area contributed by atoms with E-state index in [0.717, 1.165) is 13.0 Å². The van der Waals surface area contributed by atoms with Crippen LogP contribution in [-0.4, -0.2) is 49.7 Å². The van der Waals surface area contributed by atoms with Crippen LogP contribution in [0.15, 0.2) is 0 Å². The summed E-state index contributed by atoms with van der Waals surface area (Å²) in [5.74, 6) is -0.157. The minimum atomic E-state index is -0.164. The third-order valence-electron chi connectivity index (χ3n) is 3.11. The summed E-state index contributed by atoms with van der Waals surface area (Å²) in [6, 6.07) is 0.171. The van der Waals surface area contributed by atoms with Crippen LogP contribution in [0, 0.1) is 0 Å². The fourth-order valence-corrected chi connectivity index (χ4v) is 2.24. The van der Waals surface area contributed by atoms with Gasteiger partial charge in [-0.2, -0.15) is 0 Å². The topological polar surface area (TPSA) is 41.6 Å². The lowest BCUT2D eigenvalue weighted by atomic mass is 10.2. The molecule has 0 spiro atoms. The predicted octanol–water partition coefficient (Wildman–Crippen LogP) is 1.01. The molecule has 1 heterocycles. The van der Waals surface area contributed by atoms with Gasteiger partial charge in [-0.1, -0.05) is 6.92 Å². The van der Waals surface area contributed by atoms with E-state index in [1.165, 1.54) is 33.0 Å². The molecule has 4 heteroatoms. The fraction of sp³-hybridized carbons (Fsp3) is 0.917. The highest BCUT2D eigenvalue weighted by Crippen LogP contribution is 2.08. The van der Waals surface area contributed by atoms with E-state index < -0.39 is 0 Å². The van der Waals surface area contributed by atoms with Crippen molar-refractivity contribution in [2.75, 3.05) is 26.7 Å². The molecule has 1 saturated heterocycles. The molecule has 0 aliphatic carbocycles. The smallest absolute Gasteiger partial charge is 0.322 e. The first-order chi connectivity index (χ1) is 7.67. The summed E-state index contributed by atoms with van der Waals surface area (Å²) in [6.45, 7) is 7.54. The monoisotopic (exact) mass is 228 g/mol. The van der Waals surface area contributed by atoms with Crippen molar-refractivity contribution in [2.45, 2.75) is 45.2 Å². The Bertz CT molecular complexity index is 215. The highest BCUT2D eigenvalue weighted by Gasteiger charge is 2.21. The van der Waals surface area contributed by atoms with Crippen molar-refractivity contribution in [1.29, 1.82) is 0 Å². The largest absolute Gasteiger partial charge is 0.468 e. The average Bonchev–Trinajstić information content (AvgIpc) is 2.77. The zero-order valence-electron chi connectivity index (χ0n) is 10.7. The van der Waals surface area contributed by atoms with Gasteiger partial charge in [-0.3, -0.25) is 4.79 Å². The first kappa shape index (κ1) is 13.5. The van der Waals surface area contributed by atoms with Crippen molar-refractivity contribution in [3.05, 3.63) is 0 Å². The third kappa shape index (κ3) is 4.10. The second-order valence-corrected chi connectivity index (χ2v) is 4.56. The van der Waals surface area contributed by atoms with Crippen LogP contribution in [0.1, 0.15) is 33.1 Å². The Morgan fingerprint density at radius 1 is 1.44 bits per heavy atom. The Morgan fingerprint density at radius 3 is 2.56 bits per heavy atom. The molecule has 0 bridgehead atoms. The Kier molecular flexibility index (Phi) is 5.77. The number of ether oxygens (including phenoxy) is 1. The van der Waals surface area contributed by atoms with Crippen LogP contribution in [0.2, 0.25) is 0 Å². The molecule has 1 N–H and O–H groups in total. The quantitative estimate of drug-likeness (QED) is 0.689. The van der Waals surface area contributed by atoms with Gasteiger partial charge < -0.3 is 15.0 Å². The molecule has 94 valence electrons. The molecule has 1 fully saturated rings. The standard InChI is InChI=1S/C12H24N2O2/c1-4-11(12(15)16-3)13-10(2)9-14-7-5-6-8-14/h10-11,13H,4-9H2,1-3H3. The van der Waals surface area contributed by atoms with Gasteiger partial charge in [0, 0.05) is 12.6 Å². The Morgan fingerprint density at radius 2 is 2.06 bits per heavy atom. The number of nitrogens with one attached hydrogen (secondary N) is 1. The zero-order chi connectivity index (χ0) is 12.0. The molecule has 2 atom stereocenters. The Balaban J connectivity index is 2.30. The Labute approximate surface area is 98.3 Å². The number of hydrogen-bond acceptors (Lipinski definition) is 4. The van der Waals surface area contributed by atoms with E-state index in [2.05, 4.69) is 17.1 Å². The highest BCUT2D eigenvalue weighted by atomic mass is 16.5. The summed E-state index contributed by atoms with van der Waals surface area (Å²) in [5.41, 5.74) is 0. The molecule has 4 nitrogen and oxygen atoms in total. The van der Waals surface area contributed by atoms with Gasteiger partial charge in [0.2, 0.25) is 0 Å². The number of likely N-dealkylation sites (tertiary alicyclic amines) is 1. The molecule has 0 aromatic rings. The van der Waals surface area contributed by atoms with Gasteiger partial charge in [0.05, 0.1) is 7.11 Å². The SMILES string of the molecule is CCC(NC(C)CN1CCCC1)C(=O)OC. The van der Waals surface area contributed by atoms with Crippen molar-refractivity contribution >= 4 is 5.97 Å². The first-order valence-electron chi connectivity index (χ1n) is 6.23. The van der Waals surface area contributed by atoms with E-state index >= 15 is 0 Å². The predicted molar refractivity (Wildman–Crippen MR) is 64.4 cm³/mol. The maximum atomic E-state index is 11.4. The first-order valence-corrected chi connectivity index (χ1v) is 6.23. The lowest BCUT2D eigenvalue weighted by Crippen LogP contribution is -2.46. The van der Waals surface area contributed by atoms with Crippen LogP contribution >= 0.6 is 0 Å². The zero-order valence-corrected chi connectivity index (χ0v) is 10.7. The van der Waals surface area contributed by atoms with E-state index in [9.17, 15) is 4.79 Å². The van der Waals surface area contributed by atoms with Crippen molar-refractivity contribution < 1.29 is 9.53 Å². The van der Waals surface area contributed by atoms with E-state index in [1.807, 2.05) is 6.92 Å². The number of rotatable bonds is 6. The Hall–Kier alpha value is -0.610. The van der Waals surface area contributed by atoms with Gasteiger partial charge in [0.1, 0.15) is 6.04 Å². The lowest BCUT2D eigenvalue weighted by Gasteiger charge is -2.24. The number of hydrogen-bond donors (Lipinski definition) is 1. The van der Waals surface area contributed by atoms with Crippen molar-refractivity contribution in [3.8, 4) is 0 Å². The van der Waals surface area contributed by atoms with Crippen molar-refractivity contribution in [2.24, 2.45) is 0 Å². The summed E-state index contributed by atoms with van der Waals surface area (Å²) in [4.78, 5) is 13.9. The second kappa shape index (κ2) is 6.86. The van der Waals surface area contributed by atoms with Gasteiger partial charge in [-0.15, -0.1) is 0 Å². The minimum absolute atomic E-state index is 0.157. The highest BCUT2D eigenvalue weighted by molar-refractivity contribution is 5.75. The summed E-state index contributed by atoms with van der Waals surface area (Å²) in [7, 11) is 1.44. The summed E-state index contributed by atoms with van der Waals surface area (Å²) < 4.78 is 4.76. The fourth-order valence-electron chi connectivity index (χ4n) is 2.24. The summed E-state index contributed by atoms with van der Waals surface area (Å²) >= 11 is 0. The number of esters is 1. The van der Waals surface area contributed by atoms with Gasteiger partial charge in [0.15, 0.2) is 0 Å². The van der Waals surface area contributed by atoms with Crippen LogP contribution < -0.4 is 5.32 Å². The maximum absolute atomic E-state index is 11.4. The van der Waals surface area contributed by atoms with Gasteiger partial charge in [0.25, 0.3) is 0 Å². The number of methoxy groups -OCH3 is 1. The molecule has 1 aliphatic heterocycles. The normalized spacial score (nSPS) is 20.7. The minimum Gasteiger partial charge on any atom is -0.468 e. The van der Waals surface area contributed by atoms with Crippen LogP contribution in [-0.2, 0) is 9.53 Å². The van der Waals surface area contributed by atoms with E-state index in [-0.39, 0.29) is 12.0 Å². The van der Waals surface area contributed by atoms with Gasteiger partial charge >= 0.3 is 5.97 Å². The van der Waals surface area contributed by atoms with Crippen LogP contribution in [0.25, 0.3) is 0 Å². The van der Waals surface area contributed by atoms with Crippen LogP contribution in [0.5, 0.6) is 0 Å².